The maximum absolute atomic E-state index is 10.5. The molecule has 0 aliphatic heterocycles. The third kappa shape index (κ3) is 5.23. The van der Waals surface area contributed by atoms with E-state index in [4.69, 9.17) is 4.74 Å². The van der Waals surface area contributed by atoms with Gasteiger partial charge in [-0.15, -0.1) is 0 Å². The molecule has 2 rings (SSSR count). The van der Waals surface area contributed by atoms with Crippen molar-refractivity contribution in [2.45, 2.75) is 33.7 Å². The molecule has 0 aromatic heterocycles. The van der Waals surface area contributed by atoms with E-state index in [2.05, 4.69) is 52.9 Å². The lowest BCUT2D eigenvalue weighted by molar-refractivity contribution is -0.307. The summed E-state index contributed by atoms with van der Waals surface area (Å²) in [6, 6.07) is 12.1. The second-order valence-corrected chi connectivity index (χ2v) is 6.92. The summed E-state index contributed by atoms with van der Waals surface area (Å²) in [7, 11) is 0. The number of halogens is 1. The van der Waals surface area contributed by atoms with E-state index in [1.165, 1.54) is 11.3 Å². The second kappa shape index (κ2) is 8.90. The molecular weight excluding hydrogens is 382 g/mol. The van der Waals surface area contributed by atoms with E-state index < -0.39 is 12.6 Å². The predicted octanol–water partition coefficient (Wildman–Crippen LogP) is 3.61. The molecule has 0 radical (unpaired) electrons. The number of ether oxygens (including phenoxy) is 1. The van der Waals surface area contributed by atoms with Crippen LogP contribution in [0.15, 0.2) is 40.9 Å². The summed E-state index contributed by atoms with van der Waals surface area (Å²) in [4.78, 5) is 12.9. The van der Waals surface area contributed by atoms with Crippen LogP contribution in [-0.2, 0) is 11.3 Å². The minimum Gasteiger partial charge on any atom is -0.546 e. The molecule has 0 N–H and O–H groups in total. The highest BCUT2D eigenvalue weighted by Gasteiger charge is 2.12. The number of carbonyl (C=O) groups excluding carboxylic acids is 1. The number of nitrogens with zero attached hydrogens (tertiary/aromatic N) is 1. The standard InChI is InChI=1S/C20H24BrNO3/c1-4-10-22(18-7-5-6-17(21)15(18)3)12-16-8-9-19(14(2)11-16)25-13-20(23)24/h5-9,11H,4,10,12-13H2,1-3H3,(H,23,24)/p-1. The van der Waals surface area contributed by atoms with Gasteiger partial charge in [-0.05, 0) is 55.2 Å². The Morgan fingerprint density at radius 2 is 2.00 bits per heavy atom. The summed E-state index contributed by atoms with van der Waals surface area (Å²) < 4.78 is 6.35. The molecule has 5 heteroatoms. The van der Waals surface area contributed by atoms with Gasteiger partial charge in [0, 0.05) is 23.2 Å². The van der Waals surface area contributed by atoms with E-state index in [1.807, 2.05) is 25.1 Å². The molecule has 0 aliphatic carbocycles. The van der Waals surface area contributed by atoms with Gasteiger partial charge in [-0.3, -0.25) is 0 Å². The molecule has 0 saturated heterocycles. The Balaban J connectivity index is 2.20. The van der Waals surface area contributed by atoms with Crippen LogP contribution in [0.5, 0.6) is 5.75 Å². The highest BCUT2D eigenvalue weighted by Crippen LogP contribution is 2.29. The van der Waals surface area contributed by atoms with Crippen LogP contribution < -0.4 is 14.7 Å². The van der Waals surface area contributed by atoms with Gasteiger partial charge in [-0.25, -0.2) is 0 Å². The number of aryl methyl sites for hydroxylation is 1. The van der Waals surface area contributed by atoms with Crippen LogP contribution in [-0.4, -0.2) is 19.1 Å². The topological polar surface area (TPSA) is 52.6 Å². The molecule has 0 amide bonds. The summed E-state index contributed by atoms with van der Waals surface area (Å²) in [6.45, 7) is 7.51. The van der Waals surface area contributed by atoms with Crippen LogP contribution in [0.4, 0.5) is 5.69 Å². The minimum atomic E-state index is -1.22. The van der Waals surface area contributed by atoms with Crippen LogP contribution >= 0.6 is 15.9 Å². The fourth-order valence-electron chi connectivity index (χ4n) is 2.82. The zero-order valence-corrected chi connectivity index (χ0v) is 16.4. The molecule has 0 spiro atoms. The number of carboxylic acid groups (broad SMARTS) is 1. The maximum atomic E-state index is 10.5. The van der Waals surface area contributed by atoms with Crippen LogP contribution in [0.3, 0.4) is 0 Å². The number of carbonyl (C=O) groups is 1. The predicted molar refractivity (Wildman–Crippen MR) is 102 cm³/mol. The molecule has 0 atom stereocenters. The monoisotopic (exact) mass is 404 g/mol. The molecule has 0 heterocycles. The SMILES string of the molecule is CCCN(Cc1ccc(OCC(=O)[O-])c(C)c1)c1cccc(Br)c1C. The Labute approximate surface area is 157 Å². The first-order valence-corrected chi connectivity index (χ1v) is 9.14. The quantitative estimate of drug-likeness (QED) is 0.674. The highest BCUT2D eigenvalue weighted by atomic mass is 79.9. The van der Waals surface area contributed by atoms with E-state index in [0.29, 0.717) is 5.75 Å². The van der Waals surface area contributed by atoms with Gasteiger partial charge < -0.3 is 19.5 Å². The number of rotatable bonds is 8. The Morgan fingerprint density at radius 3 is 2.64 bits per heavy atom. The molecular formula is C20H23BrNO3-. The Hall–Kier alpha value is -2.01. The van der Waals surface area contributed by atoms with Crippen LogP contribution in [0.1, 0.15) is 30.0 Å². The average molecular weight is 405 g/mol. The number of aliphatic carboxylic acids is 1. The molecule has 0 saturated carbocycles. The Bertz CT molecular complexity index is 746. The number of hydrogen-bond donors (Lipinski definition) is 0. The lowest BCUT2D eigenvalue weighted by Crippen LogP contribution is -2.29. The van der Waals surface area contributed by atoms with Gasteiger partial charge in [0.1, 0.15) is 12.4 Å². The first kappa shape index (κ1) is 19.3. The smallest absolute Gasteiger partial charge is 0.128 e. The van der Waals surface area contributed by atoms with Gasteiger partial charge in [0.25, 0.3) is 0 Å². The van der Waals surface area contributed by atoms with Crippen molar-refractivity contribution in [1.29, 1.82) is 0 Å². The maximum Gasteiger partial charge on any atom is 0.128 e. The van der Waals surface area contributed by atoms with E-state index in [0.717, 1.165) is 35.1 Å². The second-order valence-electron chi connectivity index (χ2n) is 6.07. The third-order valence-electron chi connectivity index (χ3n) is 4.03. The summed E-state index contributed by atoms with van der Waals surface area (Å²) >= 11 is 3.60. The lowest BCUT2D eigenvalue weighted by Gasteiger charge is -2.27. The van der Waals surface area contributed by atoms with Gasteiger partial charge in [0.2, 0.25) is 0 Å². The number of anilines is 1. The zero-order valence-electron chi connectivity index (χ0n) is 14.8. The molecule has 2 aromatic rings. The summed E-state index contributed by atoms with van der Waals surface area (Å²) in [5, 5.41) is 10.5. The molecule has 134 valence electrons. The first-order chi connectivity index (χ1) is 11.9. The highest BCUT2D eigenvalue weighted by molar-refractivity contribution is 9.10. The number of carboxylic acids is 1. The Morgan fingerprint density at radius 1 is 1.24 bits per heavy atom. The lowest BCUT2D eigenvalue weighted by atomic mass is 10.1. The first-order valence-electron chi connectivity index (χ1n) is 8.34. The summed E-state index contributed by atoms with van der Waals surface area (Å²) in [5.41, 5.74) is 4.51. The molecule has 2 aromatic carbocycles. The van der Waals surface area contributed by atoms with Crippen molar-refractivity contribution in [2.24, 2.45) is 0 Å². The van der Waals surface area contributed by atoms with Gasteiger partial charge in [-0.1, -0.05) is 41.1 Å². The largest absolute Gasteiger partial charge is 0.546 e. The van der Waals surface area contributed by atoms with E-state index in [1.54, 1.807) is 0 Å². The van der Waals surface area contributed by atoms with E-state index >= 15 is 0 Å². The fraction of sp³-hybridized carbons (Fsp3) is 0.350. The van der Waals surface area contributed by atoms with Gasteiger partial charge >= 0.3 is 0 Å². The van der Waals surface area contributed by atoms with Crippen molar-refractivity contribution < 1.29 is 14.6 Å². The van der Waals surface area contributed by atoms with Crippen molar-refractivity contribution in [3.63, 3.8) is 0 Å². The van der Waals surface area contributed by atoms with Crippen molar-refractivity contribution in [1.82, 2.24) is 0 Å². The van der Waals surface area contributed by atoms with Gasteiger partial charge in [0.15, 0.2) is 0 Å². The van der Waals surface area contributed by atoms with Crippen LogP contribution in [0.2, 0.25) is 0 Å². The minimum absolute atomic E-state index is 0.431. The molecule has 0 bridgehead atoms. The molecule has 25 heavy (non-hydrogen) atoms. The fourth-order valence-corrected chi connectivity index (χ4v) is 3.18. The number of hydrogen-bond acceptors (Lipinski definition) is 4. The molecule has 0 fully saturated rings. The number of benzene rings is 2. The normalized spacial score (nSPS) is 10.6. The zero-order chi connectivity index (χ0) is 18.4. The van der Waals surface area contributed by atoms with Gasteiger partial charge in [0.05, 0.1) is 5.97 Å². The van der Waals surface area contributed by atoms with Crippen molar-refractivity contribution in [3.05, 3.63) is 57.6 Å². The van der Waals surface area contributed by atoms with E-state index in [9.17, 15) is 9.90 Å². The summed E-state index contributed by atoms with van der Waals surface area (Å²) in [5.74, 6) is -0.642. The molecule has 4 nitrogen and oxygen atoms in total. The molecule has 0 aliphatic rings. The van der Waals surface area contributed by atoms with Crippen LogP contribution in [0, 0.1) is 13.8 Å². The Kier molecular flexibility index (Phi) is 6.88. The van der Waals surface area contributed by atoms with Crippen molar-refractivity contribution >= 4 is 27.6 Å². The van der Waals surface area contributed by atoms with Gasteiger partial charge in [-0.2, -0.15) is 0 Å². The summed E-state index contributed by atoms with van der Waals surface area (Å²) in [6.07, 6.45) is 1.05. The average Bonchev–Trinajstić information content (AvgIpc) is 2.56. The third-order valence-corrected chi connectivity index (χ3v) is 4.89. The van der Waals surface area contributed by atoms with E-state index in [-0.39, 0.29) is 0 Å². The van der Waals surface area contributed by atoms with Crippen LogP contribution in [0.25, 0.3) is 0 Å². The van der Waals surface area contributed by atoms with Crippen molar-refractivity contribution in [3.8, 4) is 5.75 Å². The molecule has 0 unspecified atom stereocenters. The van der Waals surface area contributed by atoms with Crippen molar-refractivity contribution in [2.75, 3.05) is 18.1 Å².